The number of carbonyl (C=O) groups is 3. The third-order valence-electron chi connectivity index (χ3n) is 0.719. The minimum atomic E-state index is -1.22. The summed E-state index contributed by atoms with van der Waals surface area (Å²) < 4.78 is 0. The first-order valence-electron chi connectivity index (χ1n) is 3.44. The van der Waals surface area contributed by atoms with Crippen molar-refractivity contribution in [1.29, 1.82) is 0 Å². The van der Waals surface area contributed by atoms with Crippen LogP contribution in [-0.4, -0.2) is 47.8 Å². The van der Waals surface area contributed by atoms with Crippen LogP contribution in [0.2, 0.25) is 0 Å². The standard InChI is InChI=1S/C4H7NO4.C2H5NO2.Na/c6-3(7)1-5-2-4(8)9;3-1-2(4)5;/h5H,1-2H2,(H,6,7)(H,8,9);1,3H2,(H,4,5);/q;;+1/p-1. The predicted molar refractivity (Wildman–Crippen MR) is 42.2 cm³/mol. The number of aliphatic carboxylic acids is 3. The van der Waals surface area contributed by atoms with E-state index in [0.29, 0.717) is 0 Å². The Hall–Kier alpha value is -0.670. The summed E-state index contributed by atoms with van der Waals surface area (Å²) in [4.78, 5) is 28.6. The molecule has 0 bridgehead atoms. The molecule has 0 rings (SSSR count). The van der Waals surface area contributed by atoms with Gasteiger partial charge in [-0.3, -0.25) is 14.9 Å². The van der Waals surface area contributed by atoms with Crippen LogP contribution in [0.25, 0.3) is 0 Å². The van der Waals surface area contributed by atoms with Crippen molar-refractivity contribution in [3.05, 3.63) is 0 Å². The first kappa shape index (κ1) is 19.8. The van der Waals surface area contributed by atoms with Crippen molar-refractivity contribution in [3.63, 3.8) is 0 Å². The molecule has 9 heteroatoms. The summed E-state index contributed by atoms with van der Waals surface area (Å²) in [5.74, 6) is -3.34. The molecule has 0 aromatic carbocycles. The maximum atomic E-state index is 9.73. The van der Waals surface area contributed by atoms with E-state index in [2.05, 4.69) is 11.1 Å². The number of nitrogens with one attached hydrogen (secondary N) is 1. The number of rotatable bonds is 5. The average Bonchev–Trinajstić information content (AvgIpc) is 2.04. The van der Waals surface area contributed by atoms with Crippen LogP contribution in [0.3, 0.4) is 0 Å². The van der Waals surface area contributed by atoms with Crippen LogP contribution in [-0.2, 0) is 14.4 Å². The van der Waals surface area contributed by atoms with Gasteiger partial charge < -0.3 is 25.8 Å². The Morgan fingerprint density at radius 2 is 1.40 bits per heavy atom. The number of carbonyl (C=O) groups excluding carboxylic acids is 1. The van der Waals surface area contributed by atoms with Crippen molar-refractivity contribution in [2.24, 2.45) is 5.73 Å². The van der Waals surface area contributed by atoms with Gasteiger partial charge in [-0.25, -0.2) is 0 Å². The van der Waals surface area contributed by atoms with E-state index in [1.807, 2.05) is 0 Å². The van der Waals surface area contributed by atoms with Crippen LogP contribution in [0.15, 0.2) is 0 Å². The second-order valence-electron chi connectivity index (χ2n) is 1.97. The fraction of sp³-hybridized carbons (Fsp3) is 0.500. The van der Waals surface area contributed by atoms with Crippen LogP contribution in [0.1, 0.15) is 0 Å². The monoisotopic (exact) mass is 230 g/mol. The minimum Gasteiger partial charge on any atom is -0.549 e. The molecule has 0 aliphatic carbocycles. The number of carboxylic acids is 3. The Morgan fingerprint density at radius 1 is 1.13 bits per heavy atom. The van der Waals surface area contributed by atoms with Gasteiger partial charge in [0, 0.05) is 6.54 Å². The largest absolute Gasteiger partial charge is 1.00 e. The molecule has 0 atom stereocenters. The van der Waals surface area contributed by atoms with Crippen LogP contribution in [0.4, 0.5) is 0 Å². The van der Waals surface area contributed by atoms with Crippen molar-refractivity contribution >= 4 is 17.9 Å². The number of nitrogens with two attached hydrogens (primary N) is 1. The smallest absolute Gasteiger partial charge is 0.549 e. The van der Waals surface area contributed by atoms with Gasteiger partial charge in [0.25, 0.3) is 0 Å². The number of hydrogen-bond acceptors (Lipinski definition) is 6. The van der Waals surface area contributed by atoms with E-state index < -0.39 is 17.9 Å². The molecule has 0 aromatic heterocycles. The molecule has 82 valence electrons. The fourth-order valence-corrected chi connectivity index (χ4v) is 0.276. The second-order valence-corrected chi connectivity index (χ2v) is 1.97. The van der Waals surface area contributed by atoms with Crippen LogP contribution in [0.5, 0.6) is 0 Å². The number of hydrogen-bond donors (Lipinski definition) is 4. The van der Waals surface area contributed by atoms with E-state index in [9.17, 15) is 9.59 Å². The molecule has 0 aromatic rings. The topological polar surface area (TPSA) is 153 Å². The van der Waals surface area contributed by atoms with Gasteiger partial charge in [-0.15, -0.1) is 0 Å². The van der Waals surface area contributed by atoms with Gasteiger partial charge in [-0.2, -0.15) is 0 Å². The van der Waals surface area contributed by atoms with Crippen molar-refractivity contribution in [2.75, 3.05) is 19.6 Å². The Labute approximate surface area is 108 Å². The summed E-state index contributed by atoms with van der Waals surface area (Å²) in [6.07, 6.45) is 0. The van der Waals surface area contributed by atoms with Crippen molar-refractivity contribution in [2.45, 2.75) is 0 Å². The summed E-state index contributed by atoms with van der Waals surface area (Å²) in [7, 11) is 0. The molecule has 8 nitrogen and oxygen atoms in total. The zero-order chi connectivity index (χ0) is 11.6. The summed E-state index contributed by atoms with van der Waals surface area (Å²) in [5.41, 5.74) is 4.51. The molecule has 0 unspecified atom stereocenters. The summed E-state index contributed by atoms with van der Waals surface area (Å²) in [5, 5.41) is 27.3. The van der Waals surface area contributed by atoms with E-state index in [1.165, 1.54) is 0 Å². The maximum Gasteiger partial charge on any atom is 1.00 e. The molecular weight excluding hydrogens is 219 g/mol. The molecule has 5 N–H and O–H groups in total. The first-order valence-corrected chi connectivity index (χ1v) is 3.44. The third-order valence-corrected chi connectivity index (χ3v) is 0.719. The molecule has 0 heterocycles. The van der Waals surface area contributed by atoms with Gasteiger partial charge in [0.15, 0.2) is 0 Å². The minimum absolute atomic E-state index is 0. The summed E-state index contributed by atoms with van der Waals surface area (Å²) in [6.45, 7) is -1.02. The molecule has 15 heavy (non-hydrogen) atoms. The SMILES string of the molecule is NCC(=O)[O-].O=C(O)CNCC(=O)O.[Na+]. The average molecular weight is 230 g/mol. The number of carboxylic acid groups (broad SMARTS) is 3. The van der Waals surface area contributed by atoms with E-state index in [1.54, 1.807) is 0 Å². The Bertz CT molecular complexity index is 196. The molecule has 0 fully saturated rings. The van der Waals surface area contributed by atoms with E-state index in [-0.39, 0.29) is 49.2 Å². The first-order chi connectivity index (χ1) is 6.40. The van der Waals surface area contributed by atoms with Gasteiger partial charge in [0.2, 0.25) is 0 Å². The van der Waals surface area contributed by atoms with Crippen LogP contribution >= 0.6 is 0 Å². The molecule has 0 saturated heterocycles. The Morgan fingerprint density at radius 3 is 1.53 bits per heavy atom. The van der Waals surface area contributed by atoms with E-state index in [0.717, 1.165) is 0 Å². The van der Waals surface area contributed by atoms with E-state index in [4.69, 9.17) is 20.1 Å². The van der Waals surface area contributed by atoms with Crippen LogP contribution < -0.4 is 45.7 Å². The maximum absolute atomic E-state index is 9.73. The second kappa shape index (κ2) is 13.3. The quantitative estimate of drug-likeness (QED) is 0.340. The molecule has 0 saturated carbocycles. The third kappa shape index (κ3) is 31.8. The van der Waals surface area contributed by atoms with Gasteiger partial charge in [-0.05, 0) is 0 Å². The molecule has 0 amide bonds. The fourth-order valence-electron chi connectivity index (χ4n) is 0.276. The molecule has 0 aliphatic rings. The Balaban J connectivity index is -0.000000208. The zero-order valence-electron chi connectivity index (χ0n) is 8.23. The van der Waals surface area contributed by atoms with Gasteiger partial charge >= 0.3 is 41.5 Å². The molecule has 0 aliphatic heterocycles. The van der Waals surface area contributed by atoms with Crippen molar-refractivity contribution in [3.8, 4) is 0 Å². The van der Waals surface area contributed by atoms with Gasteiger partial charge in [-0.1, -0.05) is 0 Å². The Kier molecular flexibility index (Phi) is 17.6. The summed E-state index contributed by atoms with van der Waals surface area (Å²) in [6, 6.07) is 0. The zero-order valence-corrected chi connectivity index (χ0v) is 10.2. The molecular formula is C6H11N2NaO6. The van der Waals surface area contributed by atoms with Crippen molar-refractivity contribution in [1.82, 2.24) is 5.32 Å². The van der Waals surface area contributed by atoms with Gasteiger partial charge in [0.1, 0.15) is 0 Å². The van der Waals surface area contributed by atoms with Gasteiger partial charge in [0.05, 0.1) is 19.1 Å². The van der Waals surface area contributed by atoms with Crippen LogP contribution in [0, 0.1) is 0 Å². The molecule has 0 radical (unpaired) electrons. The van der Waals surface area contributed by atoms with Crippen molar-refractivity contribution < 1.29 is 59.3 Å². The molecule has 0 spiro atoms. The predicted octanol–water partition coefficient (Wildman–Crippen LogP) is -6.56. The summed E-state index contributed by atoms with van der Waals surface area (Å²) >= 11 is 0. The van der Waals surface area contributed by atoms with E-state index >= 15 is 0 Å². The normalized spacial score (nSPS) is 7.80.